The molecule has 0 unspecified atom stereocenters. The number of likely N-dealkylation sites (N-methyl/N-ethyl adjacent to an activating group) is 1. The van der Waals surface area contributed by atoms with Crippen LogP contribution in [0.5, 0.6) is 0 Å². The van der Waals surface area contributed by atoms with Crippen molar-refractivity contribution in [1.82, 2.24) is 5.32 Å². The van der Waals surface area contributed by atoms with E-state index >= 15 is 0 Å². The molecule has 0 saturated heterocycles. The topological polar surface area (TPSA) is 12.0 Å². The van der Waals surface area contributed by atoms with Crippen LogP contribution < -0.4 is 5.32 Å². The summed E-state index contributed by atoms with van der Waals surface area (Å²) in [7, 11) is 2.04. The highest BCUT2D eigenvalue weighted by Gasteiger charge is 2.40. The van der Waals surface area contributed by atoms with Crippen LogP contribution in [0.4, 0.5) is 0 Å². The lowest BCUT2D eigenvalue weighted by Crippen LogP contribution is -2.29. The van der Waals surface area contributed by atoms with Gasteiger partial charge in [-0.15, -0.1) is 6.42 Å². The Morgan fingerprint density at radius 3 is 2.86 bits per heavy atom. The van der Waals surface area contributed by atoms with Gasteiger partial charge in [-0.3, -0.25) is 0 Å². The molecule has 0 aromatic heterocycles. The molecule has 0 aliphatic heterocycles. The fraction of sp³-hybridized carbons (Fsp3) is 0.385. The predicted octanol–water partition coefficient (Wildman–Crippen LogP) is 1.96. The van der Waals surface area contributed by atoms with Crippen molar-refractivity contribution >= 4 is 0 Å². The fourth-order valence-electron chi connectivity index (χ4n) is 1.83. The first-order chi connectivity index (χ1) is 6.78. The molecule has 1 saturated carbocycles. The van der Waals surface area contributed by atoms with Crippen LogP contribution in [0.2, 0.25) is 0 Å². The van der Waals surface area contributed by atoms with Crippen LogP contribution in [-0.2, 0) is 6.42 Å². The van der Waals surface area contributed by atoms with E-state index in [1.54, 1.807) is 0 Å². The molecule has 14 heavy (non-hydrogen) atoms. The van der Waals surface area contributed by atoms with Crippen molar-refractivity contribution in [1.29, 1.82) is 0 Å². The molecule has 0 heterocycles. The van der Waals surface area contributed by atoms with Gasteiger partial charge in [-0.2, -0.15) is 0 Å². The Hall–Kier alpha value is -1.26. The molecular weight excluding hydrogens is 170 g/mol. The zero-order valence-electron chi connectivity index (χ0n) is 8.51. The molecule has 0 radical (unpaired) electrons. The zero-order chi connectivity index (χ0) is 10.0. The number of hydrogen-bond donors (Lipinski definition) is 1. The van der Waals surface area contributed by atoms with Gasteiger partial charge in [0.05, 0.1) is 0 Å². The summed E-state index contributed by atoms with van der Waals surface area (Å²) in [6.45, 7) is 0. The van der Waals surface area contributed by atoms with Crippen LogP contribution in [0.3, 0.4) is 0 Å². The van der Waals surface area contributed by atoms with E-state index in [0.29, 0.717) is 5.54 Å². The van der Waals surface area contributed by atoms with Crippen LogP contribution in [0.1, 0.15) is 24.0 Å². The molecule has 0 spiro atoms. The lowest BCUT2D eigenvalue weighted by molar-refractivity contribution is 0.549. The van der Waals surface area contributed by atoms with Crippen LogP contribution in [0, 0.1) is 12.3 Å². The molecule has 1 aromatic rings. The van der Waals surface area contributed by atoms with Gasteiger partial charge < -0.3 is 5.32 Å². The largest absolute Gasteiger partial charge is 0.314 e. The van der Waals surface area contributed by atoms with E-state index in [4.69, 9.17) is 6.42 Å². The SMILES string of the molecule is C#Cc1cccc(CC2(NC)CC2)c1. The number of hydrogen-bond acceptors (Lipinski definition) is 1. The summed E-state index contributed by atoms with van der Waals surface area (Å²) in [5.41, 5.74) is 2.69. The normalized spacial score (nSPS) is 17.4. The third-order valence-electron chi connectivity index (χ3n) is 3.02. The van der Waals surface area contributed by atoms with Gasteiger partial charge in [-0.25, -0.2) is 0 Å². The first-order valence-electron chi connectivity index (χ1n) is 5.02. The first-order valence-corrected chi connectivity index (χ1v) is 5.02. The van der Waals surface area contributed by atoms with E-state index in [9.17, 15) is 0 Å². The molecular formula is C13H15N. The maximum atomic E-state index is 5.36. The van der Waals surface area contributed by atoms with Gasteiger partial charge >= 0.3 is 0 Å². The Kier molecular flexibility index (Phi) is 2.31. The van der Waals surface area contributed by atoms with E-state index in [1.807, 2.05) is 19.2 Å². The molecule has 1 aliphatic rings. The molecule has 1 N–H and O–H groups in total. The quantitative estimate of drug-likeness (QED) is 0.710. The molecule has 1 nitrogen and oxygen atoms in total. The Bertz CT molecular complexity index is 369. The maximum absolute atomic E-state index is 5.36. The first kappa shape index (κ1) is 9.30. The second-order valence-corrected chi connectivity index (χ2v) is 4.05. The maximum Gasteiger partial charge on any atom is 0.0245 e. The van der Waals surface area contributed by atoms with E-state index < -0.39 is 0 Å². The van der Waals surface area contributed by atoms with Gasteiger partial charge in [0, 0.05) is 11.1 Å². The second kappa shape index (κ2) is 3.48. The molecule has 2 rings (SSSR count). The fourth-order valence-corrected chi connectivity index (χ4v) is 1.83. The van der Waals surface area contributed by atoms with E-state index in [-0.39, 0.29) is 0 Å². The molecule has 1 aliphatic carbocycles. The lowest BCUT2D eigenvalue weighted by atomic mass is 10.0. The number of benzene rings is 1. The summed E-state index contributed by atoms with van der Waals surface area (Å²) in [4.78, 5) is 0. The molecule has 1 heteroatoms. The van der Waals surface area contributed by atoms with Crippen molar-refractivity contribution in [3.8, 4) is 12.3 Å². The standard InChI is InChI=1S/C13H15N/c1-3-11-5-4-6-12(9-11)10-13(14-2)7-8-13/h1,4-6,9,14H,7-8,10H2,2H3. The summed E-state index contributed by atoms with van der Waals surface area (Å²) in [5, 5.41) is 3.39. The minimum atomic E-state index is 0.368. The van der Waals surface area contributed by atoms with Crippen molar-refractivity contribution < 1.29 is 0 Å². The van der Waals surface area contributed by atoms with Crippen molar-refractivity contribution in [3.63, 3.8) is 0 Å². The summed E-state index contributed by atoms with van der Waals surface area (Å²) < 4.78 is 0. The van der Waals surface area contributed by atoms with Crippen LogP contribution in [0.25, 0.3) is 0 Å². The van der Waals surface area contributed by atoms with E-state index in [0.717, 1.165) is 12.0 Å². The molecule has 1 aromatic carbocycles. The number of nitrogens with one attached hydrogen (secondary N) is 1. The minimum absolute atomic E-state index is 0.368. The molecule has 0 amide bonds. The van der Waals surface area contributed by atoms with Gasteiger partial charge in [-0.1, -0.05) is 18.1 Å². The van der Waals surface area contributed by atoms with Crippen molar-refractivity contribution in [2.24, 2.45) is 0 Å². The summed E-state index contributed by atoms with van der Waals surface area (Å²) in [6, 6.07) is 8.27. The van der Waals surface area contributed by atoms with Gasteiger partial charge in [0.15, 0.2) is 0 Å². The minimum Gasteiger partial charge on any atom is -0.314 e. The third kappa shape index (κ3) is 1.81. The Balaban J connectivity index is 2.14. The van der Waals surface area contributed by atoms with Gasteiger partial charge in [-0.05, 0) is 44.0 Å². The molecule has 0 atom stereocenters. The van der Waals surface area contributed by atoms with Gasteiger partial charge in [0.1, 0.15) is 0 Å². The number of rotatable bonds is 3. The highest BCUT2D eigenvalue weighted by atomic mass is 15.0. The van der Waals surface area contributed by atoms with E-state index in [1.165, 1.54) is 18.4 Å². The summed E-state index contributed by atoms with van der Waals surface area (Å²) in [5.74, 6) is 2.67. The lowest BCUT2D eigenvalue weighted by Gasteiger charge is -2.13. The van der Waals surface area contributed by atoms with Crippen molar-refractivity contribution in [2.45, 2.75) is 24.8 Å². The molecule has 0 bridgehead atoms. The van der Waals surface area contributed by atoms with Crippen LogP contribution in [0.15, 0.2) is 24.3 Å². The monoisotopic (exact) mass is 185 g/mol. The van der Waals surface area contributed by atoms with Gasteiger partial charge in [0.2, 0.25) is 0 Å². The average Bonchev–Trinajstić information content (AvgIpc) is 2.99. The molecule has 1 fully saturated rings. The van der Waals surface area contributed by atoms with Crippen LogP contribution >= 0.6 is 0 Å². The highest BCUT2D eigenvalue weighted by Crippen LogP contribution is 2.38. The second-order valence-electron chi connectivity index (χ2n) is 4.05. The molecule has 72 valence electrons. The van der Waals surface area contributed by atoms with Gasteiger partial charge in [0.25, 0.3) is 0 Å². The van der Waals surface area contributed by atoms with Crippen LogP contribution in [-0.4, -0.2) is 12.6 Å². The summed E-state index contributed by atoms with van der Waals surface area (Å²) >= 11 is 0. The Labute approximate surface area is 85.5 Å². The zero-order valence-corrected chi connectivity index (χ0v) is 8.51. The van der Waals surface area contributed by atoms with E-state index in [2.05, 4.69) is 23.4 Å². The van der Waals surface area contributed by atoms with Crippen molar-refractivity contribution in [3.05, 3.63) is 35.4 Å². The summed E-state index contributed by atoms with van der Waals surface area (Å²) in [6.07, 6.45) is 9.02. The Morgan fingerprint density at radius 2 is 2.29 bits per heavy atom. The highest BCUT2D eigenvalue weighted by molar-refractivity contribution is 5.36. The average molecular weight is 185 g/mol. The predicted molar refractivity (Wildman–Crippen MR) is 59.1 cm³/mol. The Morgan fingerprint density at radius 1 is 1.50 bits per heavy atom. The van der Waals surface area contributed by atoms with Crippen molar-refractivity contribution in [2.75, 3.05) is 7.05 Å². The number of terminal acetylenes is 1. The third-order valence-corrected chi connectivity index (χ3v) is 3.02. The smallest absolute Gasteiger partial charge is 0.0245 e.